The lowest BCUT2D eigenvalue weighted by molar-refractivity contribution is -0.384. The lowest BCUT2D eigenvalue weighted by Gasteiger charge is -2.27. The van der Waals surface area contributed by atoms with Gasteiger partial charge in [-0.15, -0.1) is 0 Å². The van der Waals surface area contributed by atoms with Crippen LogP contribution in [0, 0.1) is 10.1 Å². The molecule has 0 bridgehead atoms. The molecule has 1 saturated heterocycles. The van der Waals surface area contributed by atoms with Crippen molar-refractivity contribution in [2.24, 2.45) is 0 Å². The number of non-ortho nitro benzene ring substituents is 1. The van der Waals surface area contributed by atoms with Crippen LogP contribution in [0.25, 0.3) is 0 Å². The largest absolute Gasteiger partial charge is 0.368 e. The fourth-order valence-electron chi connectivity index (χ4n) is 2.75. The summed E-state index contributed by atoms with van der Waals surface area (Å²) in [7, 11) is 0. The molecule has 1 heterocycles. The van der Waals surface area contributed by atoms with Crippen LogP contribution in [0.15, 0.2) is 18.2 Å². The molecule has 0 radical (unpaired) electrons. The third-order valence-electron chi connectivity index (χ3n) is 3.73. The molecule has 1 fully saturated rings. The molecule has 5 nitrogen and oxygen atoms in total. The Morgan fingerprint density at radius 1 is 1.53 bits per heavy atom. The Morgan fingerprint density at radius 2 is 2.26 bits per heavy atom. The number of hydrogen-bond acceptors (Lipinski definition) is 4. The highest BCUT2D eigenvalue weighted by Gasteiger charge is 2.26. The van der Waals surface area contributed by atoms with Crippen LogP contribution >= 0.6 is 0 Å². The molecule has 0 aliphatic carbocycles. The maximum absolute atomic E-state index is 11.7. The molecule has 0 amide bonds. The van der Waals surface area contributed by atoms with Gasteiger partial charge in [0.1, 0.15) is 0 Å². The Labute approximate surface area is 112 Å². The van der Waals surface area contributed by atoms with Crippen molar-refractivity contribution in [1.82, 2.24) is 0 Å². The van der Waals surface area contributed by atoms with Crippen LogP contribution in [0.2, 0.25) is 0 Å². The summed E-state index contributed by atoms with van der Waals surface area (Å²) in [6, 6.07) is 5.01. The first kappa shape index (κ1) is 13.5. The number of rotatable bonds is 4. The van der Waals surface area contributed by atoms with Gasteiger partial charge >= 0.3 is 0 Å². The minimum Gasteiger partial charge on any atom is -0.368 e. The molecule has 1 unspecified atom stereocenters. The summed E-state index contributed by atoms with van der Waals surface area (Å²) >= 11 is 0. The maximum atomic E-state index is 11.7. The van der Waals surface area contributed by atoms with Crippen LogP contribution in [-0.4, -0.2) is 23.3 Å². The van der Waals surface area contributed by atoms with Crippen molar-refractivity contribution in [1.29, 1.82) is 0 Å². The minimum atomic E-state index is -0.461. The summed E-state index contributed by atoms with van der Waals surface area (Å²) in [6.07, 6.45) is 3.24. The molecule has 5 heteroatoms. The minimum absolute atomic E-state index is 0.0267. The van der Waals surface area contributed by atoms with Crippen LogP contribution < -0.4 is 4.90 Å². The van der Waals surface area contributed by atoms with Gasteiger partial charge < -0.3 is 4.90 Å². The summed E-state index contributed by atoms with van der Waals surface area (Å²) < 4.78 is 0. The van der Waals surface area contributed by atoms with Gasteiger partial charge in [0.15, 0.2) is 5.78 Å². The Balaban J connectivity index is 2.45. The van der Waals surface area contributed by atoms with Gasteiger partial charge in [0.05, 0.1) is 4.92 Å². The van der Waals surface area contributed by atoms with E-state index < -0.39 is 4.92 Å². The van der Waals surface area contributed by atoms with Crippen molar-refractivity contribution in [2.75, 3.05) is 11.4 Å². The van der Waals surface area contributed by atoms with E-state index in [-0.39, 0.29) is 11.5 Å². The summed E-state index contributed by atoms with van der Waals surface area (Å²) in [4.78, 5) is 24.3. The first-order chi connectivity index (χ1) is 9.04. The van der Waals surface area contributed by atoms with E-state index in [1.165, 1.54) is 19.1 Å². The number of nitro groups is 1. The van der Waals surface area contributed by atoms with E-state index in [0.717, 1.165) is 31.5 Å². The average Bonchev–Trinajstić information content (AvgIpc) is 2.85. The number of ketones is 1. The Morgan fingerprint density at radius 3 is 2.84 bits per heavy atom. The van der Waals surface area contributed by atoms with Crippen molar-refractivity contribution in [3.8, 4) is 0 Å². The third-order valence-corrected chi connectivity index (χ3v) is 3.73. The topological polar surface area (TPSA) is 63.4 Å². The van der Waals surface area contributed by atoms with Gasteiger partial charge in [-0.2, -0.15) is 0 Å². The van der Waals surface area contributed by atoms with Gasteiger partial charge in [-0.1, -0.05) is 6.92 Å². The van der Waals surface area contributed by atoms with Gasteiger partial charge in [0.2, 0.25) is 0 Å². The zero-order valence-electron chi connectivity index (χ0n) is 11.3. The first-order valence-corrected chi connectivity index (χ1v) is 6.60. The molecule has 1 aromatic rings. The molecule has 19 heavy (non-hydrogen) atoms. The monoisotopic (exact) mass is 262 g/mol. The van der Waals surface area contributed by atoms with Gasteiger partial charge in [-0.25, -0.2) is 0 Å². The number of carbonyl (C=O) groups excluding carboxylic acids is 1. The summed E-state index contributed by atoms with van der Waals surface area (Å²) in [5, 5.41) is 10.8. The Bertz CT molecular complexity index is 513. The molecule has 1 atom stereocenters. The Hall–Kier alpha value is -1.91. The van der Waals surface area contributed by atoms with Gasteiger partial charge in [0.25, 0.3) is 5.69 Å². The number of benzene rings is 1. The second-order valence-corrected chi connectivity index (χ2v) is 4.91. The smallest absolute Gasteiger partial charge is 0.270 e. The molecule has 102 valence electrons. The van der Waals surface area contributed by atoms with E-state index in [0.29, 0.717) is 11.6 Å². The van der Waals surface area contributed by atoms with E-state index in [1.807, 2.05) is 0 Å². The van der Waals surface area contributed by atoms with Gasteiger partial charge in [-0.05, 0) is 32.3 Å². The molecule has 0 saturated carbocycles. The summed E-state index contributed by atoms with van der Waals surface area (Å²) in [5.41, 5.74) is 1.26. The molecule has 2 rings (SSSR count). The SMILES string of the molecule is CCC1CCCN1c1ccc([N+](=O)[O-])cc1C(C)=O. The van der Waals surface area contributed by atoms with Crippen molar-refractivity contribution in [3.05, 3.63) is 33.9 Å². The normalized spacial score (nSPS) is 18.6. The molecule has 0 aromatic heterocycles. The maximum Gasteiger partial charge on any atom is 0.270 e. The molecule has 1 aromatic carbocycles. The van der Waals surface area contributed by atoms with Gasteiger partial charge in [0, 0.05) is 36.0 Å². The van der Waals surface area contributed by atoms with E-state index in [4.69, 9.17) is 0 Å². The zero-order valence-corrected chi connectivity index (χ0v) is 11.3. The fraction of sp³-hybridized carbons (Fsp3) is 0.500. The second kappa shape index (κ2) is 5.38. The zero-order chi connectivity index (χ0) is 14.0. The number of nitro benzene ring substituents is 1. The lowest BCUT2D eigenvalue weighted by Crippen LogP contribution is -2.29. The lowest BCUT2D eigenvalue weighted by atomic mass is 10.1. The predicted octanol–water partition coefficient (Wildman–Crippen LogP) is 3.18. The van der Waals surface area contributed by atoms with E-state index >= 15 is 0 Å². The van der Waals surface area contributed by atoms with Crippen LogP contribution in [0.5, 0.6) is 0 Å². The van der Waals surface area contributed by atoms with Crippen molar-refractivity contribution in [3.63, 3.8) is 0 Å². The number of carbonyl (C=O) groups is 1. The van der Waals surface area contributed by atoms with Crippen LogP contribution in [0.1, 0.15) is 43.5 Å². The molecule has 1 aliphatic heterocycles. The quantitative estimate of drug-likeness (QED) is 0.475. The fourth-order valence-corrected chi connectivity index (χ4v) is 2.75. The van der Waals surface area contributed by atoms with Crippen molar-refractivity contribution in [2.45, 2.75) is 39.2 Å². The first-order valence-electron chi connectivity index (χ1n) is 6.60. The number of anilines is 1. The third kappa shape index (κ3) is 2.59. The van der Waals surface area contributed by atoms with Crippen molar-refractivity contribution < 1.29 is 9.72 Å². The Kier molecular flexibility index (Phi) is 3.83. The standard InChI is InChI=1S/C14H18N2O3/c1-3-11-5-4-8-15(11)14-7-6-12(16(18)19)9-13(14)10(2)17/h6-7,9,11H,3-5,8H2,1-2H3. The van der Waals surface area contributed by atoms with Gasteiger partial charge in [-0.3, -0.25) is 14.9 Å². The predicted molar refractivity (Wildman–Crippen MR) is 73.8 cm³/mol. The summed E-state index contributed by atoms with van der Waals surface area (Å²) in [5.74, 6) is -0.125. The summed E-state index contributed by atoms with van der Waals surface area (Å²) in [6.45, 7) is 4.50. The molecular formula is C14H18N2O3. The molecular weight excluding hydrogens is 244 g/mol. The highest BCUT2D eigenvalue weighted by molar-refractivity contribution is 6.00. The number of nitrogens with zero attached hydrogens (tertiary/aromatic N) is 2. The highest BCUT2D eigenvalue weighted by Crippen LogP contribution is 2.32. The molecule has 1 aliphatic rings. The molecule has 0 spiro atoms. The number of Topliss-reactive ketones (excluding diaryl/α,β-unsaturated/α-hetero) is 1. The van der Waals surface area contributed by atoms with E-state index in [1.54, 1.807) is 6.07 Å². The highest BCUT2D eigenvalue weighted by atomic mass is 16.6. The van der Waals surface area contributed by atoms with E-state index in [2.05, 4.69) is 11.8 Å². The van der Waals surface area contributed by atoms with Crippen LogP contribution in [0.4, 0.5) is 11.4 Å². The number of hydrogen-bond donors (Lipinski definition) is 0. The van der Waals surface area contributed by atoms with Crippen molar-refractivity contribution >= 4 is 17.2 Å². The van der Waals surface area contributed by atoms with Crippen LogP contribution in [-0.2, 0) is 0 Å². The van der Waals surface area contributed by atoms with E-state index in [9.17, 15) is 14.9 Å². The van der Waals surface area contributed by atoms with Crippen LogP contribution in [0.3, 0.4) is 0 Å². The second-order valence-electron chi connectivity index (χ2n) is 4.91. The molecule has 0 N–H and O–H groups in total. The average molecular weight is 262 g/mol.